The summed E-state index contributed by atoms with van der Waals surface area (Å²) in [5.41, 5.74) is 0.777. The summed E-state index contributed by atoms with van der Waals surface area (Å²) in [6.07, 6.45) is 1.59. The molecule has 1 saturated heterocycles. The third-order valence-corrected chi connectivity index (χ3v) is 4.51. The van der Waals surface area contributed by atoms with Crippen LogP contribution in [0.2, 0.25) is 0 Å². The fourth-order valence-corrected chi connectivity index (χ4v) is 3.12. The fraction of sp³-hybridized carbons (Fsp3) is 0.692. The largest absolute Gasteiger partial charge is 0.469 e. The highest BCUT2D eigenvalue weighted by atomic mass is 32.1. The van der Waals surface area contributed by atoms with Gasteiger partial charge in [0.05, 0.1) is 25.3 Å². The Bertz CT molecular complexity index is 435. The van der Waals surface area contributed by atoms with Crippen LogP contribution >= 0.6 is 11.3 Å². The average Bonchev–Trinajstić information content (AvgIpc) is 2.87. The fourth-order valence-electron chi connectivity index (χ4n) is 2.26. The van der Waals surface area contributed by atoms with Crippen molar-refractivity contribution >= 4 is 22.4 Å². The number of nitrogens with zero attached hydrogens (tertiary/aromatic N) is 2. The first-order valence-corrected chi connectivity index (χ1v) is 7.31. The maximum Gasteiger partial charge on any atom is 0.311 e. The molecule has 0 aliphatic carbocycles. The Morgan fingerprint density at radius 1 is 1.58 bits per heavy atom. The normalized spacial score (nSPS) is 23.4. The van der Waals surface area contributed by atoms with E-state index in [4.69, 9.17) is 4.74 Å². The van der Waals surface area contributed by atoms with Gasteiger partial charge in [-0.05, 0) is 12.3 Å². The number of piperidine rings is 1. The summed E-state index contributed by atoms with van der Waals surface area (Å²) in [5.74, 6) is 0.328. The molecule has 2 rings (SSSR count). The van der Waals surface area contributed by atoms with E-state index in [-0.39, 0.29) is 18.5 Å². The zero-order valence-corrected chi connectivity index (χ0v) is 12.4. The minimum atomic E-state index is -0.251. The van der Waals surface area contributed by atoms with Crippen molar-refractivity contribution in [2.24, 2.45) is 5.92 Å². The predicted molar refractivity (Wildman–Crippen MR) is 74.6 cm³/mol. The van der Waals surface area contributed by atoms with Gasteiger partial charge in [0.2, 0.25) is 0 Å². The molecular formula is C13H20N2O3S. The number of aromatic nitrogens is 1. The van der Waals surface area contributed by atoms with E-state index in [1.807, 2.05) is 5.38 Å². The lowest BCUT2D eigenvalue weighted by atomic mass is 9.96. The smallest absolute Gasteiger partial charge is 0.311 e. The van der Waals surface area contributed by atoms with Crippen LogP contribution in [0.3, 0.4) is 0 Å². The summed E-state index contributed by atoms with van der Waals surface area (Å²) in [5, 5.41) is 2.89. The van der Waals surface area contributed by atoms with E-state index in [1.54, 1.807) is 18.4 Å². The Balaban J connectivity index is 2.00. The predicted octanol–water partition coefficient (Wildman–Crippen LogP) is 1.72. The lowest BCUT2D eigenvalue weighted by Gasteiger charge is -2.36. The molecule has 0 spiro atoms. The van der Waals surface area contributed by atoms with Crippen LogP contribution in [0.1, 0.15) is 19.0 Å². The lowest BCUT2D eigenvalue weighted by Crippen LogP contribution is -2.43. The summed E-state index contributed by atoms with van der Waals surface area (Å²) in [4.78, 5) is 18.0. The van der Waals surface area contributed by atoms with Crippen LogP contribution in [0.15, 0.2) is 5.38 Å². The summed E-state index contributed by atoms with van der Waals surface area (Å²) < 4.78 is 10.2. The number of hydrogen-bond donors (Lipinski definition) is 0. The number of carbonyl (C=O) groups is 1. The van der Waals surface area contributed by atoms with Gasteiger partial charge < -0.3 is 14.4 Å². The Kier molecular flexibility index (Phi) is 4.76. The van der Waals surface area contributed by atoms with Crippen molar-refractivity contribution in [2.75, 3.05) is 32.2 Å². The number of hydrogen-bond acceptors (Lipinski definition) is 6. The molecular weight excluding hydrogens is 264 g/mol. The second-order valence-electron chi connectivity index (χ2n) is 4.86. The van der Waals surface area contributed by atoms with Gasteiger partial charge in [0.15, 0.2) is 5.13 Å². The summed E-state index contributed by atoms with van der Waals surface area (Å²) in [7, 11) is 3.15. The molecule has 0 N–H and O–H groups in total. The van der Waals surface area contributed by atoms with Crippen molar-refractivity contribution in [3.63, 3.8) is 0 Å². The van der Waals surface area contributed by atoms with Gasteiger partial charge in [0.1, 0.15) is 0 Å². The zero-order chi connectivity index (χ0) is 13.8. The molecule has 2 atom stereocenters. The third kappa shape index (κ3) is 3.45. The highest BCUT2D eigenvalue weighted by Gasteiger charge is 2.27. The maximum absolute atomic E-state index is 11.2. The second kappa shape index (κ2) is 6.34. The van der Waals surface area contributed by atoms with Gasteiger partial charge in [-0.25, -0.2) is 4.98 Å². The van der Waals surface area contributed by atoms with Gasteiger partial charge in [0, 0.05) is 25.6 Å². The summed E-state index contributed by atoms with van der Waals surface area (Å²) >= 11 is 1.57. The first-order valence-electron chi connectivity index (χ1n) is 6.43. The molecule has 2 heterocycles. The van der Waals surface area contributed by atoms with E-state index >= 15 is 0 Å². The van der Waals surface area contributed by atoms with E-state index in [2.05, 4.69) is 21.5 Å². The van der Waals surface area contributed by atoms with Crippen LogP contribution in [-0.4, -0.2) is 44.4 Å². The molecule has 1 aromatic rings. The Morgan fingerprint density at radius 3 is 3.05 bits per heavy atom. The topological polar surface area (TPSA) is 51.7 Å². The zero-order valence-electron chi connectivity index (χ0n) is 11.6. The molecule has 1 aliphatic heterocycles. The first-order chi connectivity index (χ1) is 9.13. The molecule has 0 aromatic carbocycles. The third-order valence-electron chi connectivity index (χ3n) is 3.56. The second-order valence-corrected chi connectivity index (χ2v) is 5.70. The summed E-state index contributed by atoms with van der Waals surface area (Å²) in [6.45, 7) is 4.07. The van der Waals surface area contributed by atoms with Crippen LogP contribution in [0.5, 0.6) is 0 Å². The number of rotatable bonds is 4. The molecule has 0 saturated carbocycles. The van der Waals surface area contributed by atoms with Crippen molar-refractivity contribution in [1.82, 2.24) is 4.98 Å². The Hall–Kier alpha value is -1.14. The van der Waals surface area contributed by atoms with Crippen molar-refractivity contribution < 1.29 is 14.3 Å². The van der Waals surface area contributed by atoms with E-state index in [0.29, 0.717) is 5.92 Å². The number of anilines is 1. The standard InChI is InChI=1S/C13H20N2O3S/c1-9-4-5-15(7-11(9)17-2)13-14-10(8-19-13)6-12(16)18-3/h8-9,11H,4-7H2,1-3H3. The number of methoxy groups -OCH3 is 2. The number of carbonyl (C=O) groups excluding carboxylic acids is 1. The van der Waals surface area contributed by atoms with Gasteiger partial charge in [-0.3, -0.25) is 4.79 Å². The van der Waals surface area contributed by atoms with Crippen molar-refractivity contribution in [2.45, 2.75) is 25.9 Å². The van der Waals surface area contributed by atoms with Crippen molar-refractivity contribution in [3.05, 3.63) is 11.1 Å². The molecule has 5 nitrogen and oxygen atoms in total. The van der Waals surface area contributed by atoms with Crippen molar-refractivity contribution in [3.8, 4) is 0 Å². The molecule has 106 valence electrons. The Morgan fingerprint density at radius 2 is 2.37 bits per heavy atom. The molecule has 6 heteroatoms. The van der Waals surface area contributed by atoms with Crippen molar-refractivity contribution in [1.29, 1.82) is 0 Å². The average molecular weight is 284 g/mol. The number of thiazole rings is 1. The van der Waals surface area contributed by atoms with Gasteiger partial charge in [-0.15, -0.1) is 11.3 Å². The van der Waals surface area contributed by atoms with E-state index < -0.39 is 0 Å². The van der Waals surface area contributed by atoms with Crippen LogP contribution < -0.4 is 4.90 Å². The van der Waals surface area contributed by atoms with Gasteiger partial charge in [-0.1, -0.05) is 6.92 Å². The minimum Gasteiger partial charge on any atom is -0.469 e. The van der Waals surface area contributed by atoms with E-state index in [0.717, 1.165) is 30.3 Å². The monoisotopic (exact) mass is 284 g/mol. The number of ether oxygens (including phenoxy) is 2. The first kappa shape index (κ1) is 14.3. The van der Waals surface area contributed by atoms with E-state index in [9.17, 15) is 4.79 Å². The Labute approximate surface area is 117 Å². The molecule has 19 heavy (non-hydrogen) atoms. The van der Waals surface area contributed by atoms with Crippen LogP contribution in [0.4, 0.5) is 5.13 Å². The number of esters is 1. The van der Waals surface area contributed by atoms with Gasteiger partial charge in [0.25, 0.3) is 0 Å². The molecule has 1 aromatic heterocycles. The minimum absolute atomic E-state index is 0.241. The van der Waals surface area contributed by atoms with Gasteiger partial charge >= 0.3 is 5.97 Å². The highest BCUT2D eigenvalue weighted by Crippen LogP contribution is 2.27. The molecule has 2 unspecified atom stereocenters. The quantitative estimate of drug-likeness (QED) is 0.788. The van der Waals surface area contributed by atoms with Gasteiger partial charge in [-0.2, -0.15) is 0 Å². The van der Waals surface area contributed by atoms with Crippen LogP contribution in [-0.2, 0) is 20.7 Å². The molecule has 0 bridgehead atoms. The summed E-state index contributed by atoms with van der Waals surface area (Å²) in [6, 6.07) is 0. The molecule has 1 aliphatic rings. The van der Waals surface area contributed by atoms with Crippen LogP contribution in [0.25, 0.3) is 0 Å². The molecule has 0 amide bonds. The highest BCUT2D eigenvalue weighted by molar-refractivity contribution is 7.13. The molecule has 1 fully saturated rings. The lowest BCUT2D eigenvalue weighted by molar-refractivity contribution is -0.139. The van der Waals surface area contributed by atoms with Crippen LogP contribution in [0, 0.1) is 5.92 Å². The maximum atomic E-state index is 11.2. The SMILES string of the molecule is COC(=O)Cc1csc(N2CCC(C)C(OC)C2)n1. The molecule has 0 radical (unpaired) electrons. The van der Waals surface area contributed by atoms with E-state index in [1.165, 1.54) is 7.11 Å².